The second-order valence-corrected chi connectivity index (χ2v) is 7.37. The fraction of sp³-hybridized carbons (Fsp3) is 0.688. The van der Waals surface area contributed by atoms with Crippen molar-refractivity contribution in [1.82, 2.24) is 9.97 Å². The van der Waals surface area contributed by atoms with Crippen LogP contribution < -0.4 is 9.80 Å². The molecule has 1 saturated carbocycles. The summed E-state index contributed by atoms with van der Waals surface area (Å²) in [6.07, 6.45) is -2.37. The Morgan fingerprint density at radius 2 is 2.12 bits per heavy atom. The molecule has 3 atom stereocenters. The number of hydrogen-bond acceptors (Lipinski definition) is 5. The summed E-state index contributed by atoms with van der Waals surface area (Å²) in [4.78, 5) is 22.8. The number of halogens is 3. The van der Waals surface area contributed by atoms with Crippen LogP contribution in [0.2, 0.25) is 0 Å². The van der Waals surface area contributed by atoms with Crippen molar-refractivity contribution in [3.05, 3.63) is 11.8 Å². The summed E-state index contributed by atoms with van der Waals surface area (Å²) in [6, 6.07) is 1.10. The molecule has 9 heteroatoms. The Labute approximate surface area is 142 Å². The minimum Gasteiger partial charge on any atom is -0.481 e. The Morgan fingerprint density at radius 3 is 2.64 bits per heavy atom. The summed E-state index contributed by atoms with van der Waals surface area (Å²) in [6.45, 7) is 3.53. The summed E-state index contributed by atoms with van der Waals surface area (Å²) in [5.41, 5.74) is -1.25. The van der Waals surface area contributed by atoms with Gasteiger partial charge in [0.25, 0.3) is 0 Å². The molecule has 0 radical (unpaired) electrons. The van der Waals surface area contributed by atoms with Crippen molar-refractivity contribution in [2.45, 2.75) is 38.4 Å². The molecule has 1 spiro atoms. The number of rotatable bonds is 3. The van der Waals surface area contributed by atoms with Crippen molar-refractivity contribution in [2.75, 3.05) is 29.4 Å². The van der Waals surface area contributed by atoms with E-state index in [1.165, 1.54) is 0 Å². The summed E-state index contributed by atoms with van der Waals surface area (Å²) >= 11 is 0. The molecule has 3 heterocycles. The van der Waals surface area contributed by atoms with Gasteiger partial charge in [-0.2, -0.15) is 18.2 Å². The second-order valence-electron chi connectivity index (χ2n) is 7.37. The molecule has 3 fully saturated rings. The first-order valence-electron chi connectivity index (χ1n) is 8.40. The molecule has 6 nitrogen and oxygen atoms in total. The Kier molecular flexibility index (Phi) is 3.42. The van der Waals surface area contributed by atoms with Crippen molar-refractivity contribution in [3.8, 4) is 0 Å². The number of carboxylic acids is 1. The first-order chi connectivity index (χ1) is 11.7. The Bertz CT molecular complexity index is 726. The lowest BCUT2D eigenvalue weighted by Crippen LogP contribution is -2.47. The van der Waals surface area contributed by atoms with Crippen LogP contribution in [0.15, 0.2) is 6.07 Å². The molecule has 2 unspecified atom stereocenters. The van der Waals surface area contributed by atoms with Crippen LogP contribution in [0.25, 0.3) is 0 Å². The van der Waals surface area contributed by atoms with E-state index < -0.39 is 23.8 Å². The van der Waals surface area contributed by atoms with Crippen molar-refractivity contribution >= 4 is 17.7 Å². The largest absolute Gasteiger partial charge is 0.481 e. The Balaban J connectivity index is 1.63. The summed E-state index contributed by atoms with van der Waals surface area (Å²) < 4.78 is 39.7. The van der Waals surface area contributed by atoms with Crippen LogP contribution in [0.4, 0.5) is 24.9 Å². The number of alkyl halides is 3. The van der Waals surface area contributed by atoms with Crippen molar-refractivity contribution < 1.29 is 23.1 Å². The van der Waals surface area contributed by atoms with Gasteiger partial charge >= 0.3 is 12.1 Å². The van der Waals surface area contributed by atoms with Gasteiger partial charge in [0, 0.05) is 37.2 Å². The Morgan fingerprint density at radius 1 is 1.36 bits per heavy atom. The molecule has 0 amide bonds. The number of carboxylic acid groups (broad SMARTS) is 1. The van der Waals surface area contributed by atoms with Gasteiger partial charge in [-0.1, -0.05) is 0 Å². The maximum absolute atomic E-state index is 13.2. The maximum atomic E-state index is 13.2. The third-order valence-corrected chi connectivity index (χ3v) is 5.77. The molecule has 1 aromatic heterocycles. The number of hydrogen-bond donors (Lipinski definition) is 1. The lowest BCUT2D eigenvalue weighted by molar-refractivity contribution is -0.141. The number of anilines is 2. The molecule has 136 valence electrons. The summed E-state index contributed by atoms with van der Waals surface area (Å²) in [7, 11) is 0. The SMILES string of the molecule is C[C@H]1CCN1c1nc(N2CCC3(CC3C(=O)O)C2)cc(C(F)(F)F)n1. The zero-order valence-electron chi connectivity index (χ0n) is 13.8. The quantitative estimate of drug-likeness (QED) is 0.897. The highest BCUT2D eigenvalue weighted by Gasteiger charge is 2.61. The number of aliphatic carboxylic acids is 1. The van der Waals surface area contributed by atoms with Gasteiger partial charge in [-0.15, -0.1) is 0 Å². The van der Waals surface area contributed by atoms with Gasteiger partial charge < -0.3 is 14.9 Å². The van der Waals surface area contributed by atoms with E-state index in [4.69, 9.17) is 0 Å². The molecular weight excluding hydrogens is 337 g/mol. The Hall–Kier alpha value is -2.06. The average molecular weight is 356 g/mol. The molecule has 0 aromatic carbocycles. The first kappa shape index (κ1) is 16.4. The van der Waals surface area contributed by atoms with Crippen molar-refractivity contribution in [2.24, 2.45) is 11.3 Å². The monoisotopic (exact) mass is 356 g/mol. The zero-order valence-corrected chi connectivity index (χ0v) is 13.8. The number of nitrogens with zero attached hydrogens (tertiary/aromatic N) is 4. The molecule has 25 heavy (non-hydrogen) atoms. The molecule has 0 bridgehead atoms. The number of aromatic nitrogens is 2. The third-order valence-electron chi connectivity index (χ3n) is 5.77. The normalized spacial score (nSPS) is 31.4. The van der Waals surface area contributed by atoms with Crippen molar-refractivity contribution in [3.63, 3.8) is 0 Å². The highest BCUT2D eigenvalue weighted by atomic mass is 19.4. The van der Waals surface area contributed by atoms with Crippen LogP contribution in [-0.2, 0) is 11.0 Å². The zero-order chi connectivity index (χ0) is 18.0. The molecule has 1 aromatic rings. The van der Waals surface area contributed by atoms with Crippen LogP contribution >= 0.6 is 0 Å². The van der Waals surface area contributed by atoms with Gasteiger partial charge in [0.05, 0.1) is 5.92 Å². The lowest BCUT2D eigenvalue weighted by atomic mass is 10.0. The van der Waals surface area contributed by atoms with E-state index >= 15 is 0 Å². The average Bonchev–Trinajstić information content (AvgIpc) is 3.06. The fourth-order valence-corrected chi connectivity index (χ4v) is 3.91. The number of carbonyl (C=O) groups is 1. The van der Waals surface area contributed by atoms with Crippen LogP contribution in [0, 0.1) is 11.3 Å². The molecule has 1 aliphatic carbocycles. The van der Waals surface area contributed by atoms with Gasteiger partial charge in [0.1, 0.15) is 5.82 Å². The van der Waals surface area contributed by atoms with Crippen LogP contribution in [-0.4, -0.2) is 46.7 Å². The summed E-state index contributed by atoms with van der Waals surface area (Å²) in [5.74, 6) is -0.869. The van der Waals surface area contributed by atoms with E-state index in [2.05, 4.69) is 9.97 Å². The molecule has 4 rings (SSSR count). The molecule has 2 aliphatic heterocycles. The minimum atomic E-state index is -4.54. The molecular formula is C16H19F3N4O2. The maximum Gasteiger partial charge on any atom is 0.433 e. The second kappa shape index (κ2) is 5.22. The van der Waals surface area contributed by atoms with E-state index in [0.717, 1.165) is 12.5 Å². The third kappa shape index (κ3) is 2.69. The molecule has 3 aliphatic rings. The topological polar surface area (TPSA) is 69.6 Å². The minimum absolute atomic E-state index is 0.107. The van der Waals surface area contributed by atoms with Crippen LogP contribution in [0.3, 0.4) is 0 Å². The summed E-state index contributed by atoms with van der Waals surface area (Å²) in [5, 5.41) is 9.17. The lowest BCUT2D eigenvalue weighted by Gasteiger charge is -2.39. The van der Waals surface area contributed by atoms with Gasteiger partial charge in [-0.25, -0.2) is 4.98 Å². The van der Waals surface area contributed by atoms with Gasteiger partial charge in [0.2, 0.25) is 5.95 Å². The van der Waals surface area contributed by atoms with E-state index in [-0.39, 0.29) is 23.2 Å². The predicted molar refractivity (Wildman–Crippen MR) is 83.5 cm³/mol. The first-order valence-corrected chi connectivity index (χ1v) is 8.40. The fourth-order valence-electron chi connectivity index (χ4n) is 3.91. The van der Waals surface area contributed by atoms with E-state index in [1.807, 2.05) is 6.92 Å². The van der Waals surface area contributed by atoms with Gasteiger partial charge in [-0.3, -0.25) is 4.79 Å². The van der Waals surface area contributed by atoms with E-state index in [9.17, 15) is 23.1 Å². The van der Waals surface area contributed by atoms with Crippen LogP contribution in [0.1, 0.15) is 31.9 Å². The smallest absolute Gasteiger partial charge is 0.433 e. The van der Waals surface area contributed by atoms with Gasteiger partial charge in [0.15, 0.2) is 5.69 Å². The highest BCUT2D eigenvalue weighted by Crippen LogP contribution is 2.59. The predicted octanol–water partition coefficient (Wildman–Crippen LogP) is 2.40. The van der Waals surface area contributed by atoms with Gasteiger partial charge in [-0.05, 0) is 26.2 Å². The van der Waals surface area contributed by atoms with Crippen molar-refractivity contribution in [1.29, 1.82) is 0 Å². The van der Waals surface area contributed by atoms with E-state index in [1.54, 1.807) is 9.80 Å². The molecule has 2 saturated heterocycles. The molecule has 1 N–H and O–H groups in total. The standard InChI is InChI=1S/C16H19F3N4O2/c1-9-2-4-23(9)14-20-11(16(17,18)19)6-12(21-14)22-5-3-15(8-22)7-10(15)13(24)25/h6,9-10H,2-5,7-8H2,1H3,(H,24,25)/t9-,10?,15?/m0/s1. The van der Waals surface area contributed by atoms with Crippen LogP contribution in [0.5, 0.6) is 0 Å². The highest BCUT2D eigenvalue weighted by molar-refractivity contribution is 5.75. The van der Waals surface area contributed by atoms with E-state index in [0.29, 0.717) is 32.5 Å².